The SMILES string of the molecule is COc1cc(OC)cc(-n2cc(C(Nc3ccc(C(=O)N(C)CCC(=O)O)cc3)C3CCCCC3)c(C)n2)c1.COc1cc(OC)cc([N+]2(C)C=C(C(=O)O)C(C)=N2)c1. The summed E-state index contributed by atoms with van der Waals surface area (Å²) in [4.78, 5) is 36.2. The van der Waals surface area contributed by atoms with Crippen molar-refractivity contribution in [1.29, 1.82) is 0 Å². The van der Waals surface area contributed by atoms with Crippen molar-refractivity contribution in [3.8, 4) is 28.7 Å². The minimum Gasteiger partial charge on any atom is -0.497 e. The molecule has 15 heteroatoms. The van der Waals surface area contributed by atoms with Gasteiger partial charge in [-0.25, -0.2) is 9.48 Å². The number of amides is 1. The predicted molar refractivity (Wildman–Crippen MR) is 226 cm³/mol. The number of carbonyl (C=O) groups excluding carboxylic acids is 1. The minimum atomic E-state index is -0.983. The lowest BCUT2D eigenvalue weighted by atomic mass is 9.81. The van der Waals surface area contributed by atoms with Crippen molar-refractivity contribution < 1.29 is 43.5 Å². The maximum absolute atomic E-state index is 12.7. The fourth-order valence-electron chi connectivity index (χ4n) is 7.36. The van der Waals surface area contributed by atoms with Gasteiger partial charge in [0.2, 0.25) is 0 Å². The number of ether oxygens (including phenoxy) is 4. The maximum Gasteiger partial charge on any atom is 0.343 e. The Morgan fingerprint density at radius 3 is 1.93 bits per heavy atom. The van der Waals surface area contributed by atoms with E-state index in [0.717, 1.165) is 41.2 Å². The van der Waals surface area contributed by atoms with Crippen LogP contribution in [-0.2, 0) is 9.59 Å². The summed E-state index contributed by atoms with van der Waals surface area (Å²) in [5.41, 5.74) is 5.85. The molecule has 1 amide bonds. The molecule has 0 spiro atoms. The molecule has 2 aliphatic rings. The van der Waals surface area contributed by atoms with E-state index in [0.29, 0.717) is 40.2 Å². The third-order valence-corrected chi connectivity index (χ3v) is 10.7. The molecule has 1 saturated carbocycles. The molecule has 6 rings (SSSR count). The number of nitrogens with zero attached hydrogens (tertiary/aromatic N) is 5. The van der Waals surface area contributed by atoms with E-state index >= 15 is 0 Å². The molecule has 314 valence electrons. The first-order valence-electron chi connectivity index (χ1n) is 19.4. The molecule has 0 radical (unpaired) electrons. The molecule has 1 aliphatic carbocycles. The number of aryl methyl sites for hydroxylation is 1. The largest absolute Gasteiger partial charge is 0.497 e. The second-order valence-corrected chi connectivity index (χ2v) is 14.8. The average molecular weight is 812 g/mol. The van der Waals surface area contributed by atoms with Crippen LogP contribution in [0.1, 0.15) is 73.1 Å². The van der Waals surface area contributed by atoms with Gasteiger partial charge in [0.25, 0.3) is 5.91 Å². The number of hydrogen-bond donors (Lipinski definition) is 3. The Balaban J connectivity index is 0.000000277. The highest BCUT2D eigenvalue weighted by Crippen LogP contribution is 2.39. The summed E-state index contributed by atoms with van der Waals surface area (Å²) in [6.07, 6.45) is 9.55. The molecule has 59 heavy (non-hydrogen) atoms. The normalized spacial score (nSPS) is 16.7. The summed E-state index contributed by atoms with van der Waals surface area (Å²) >= 11 is 0. The molecule has 1 aliphatic heterocycles. The van der Waals surface area contributed by atoms with E-state index in [1.165, 1.54) is 24.2 Å². The van der Waals surface area contributed by atoms with Gasteiger partial charge in [-0.1, -0.05) is 24.4 Å². The quantitative estimate of drug-likeness (QED) is 0.102. The number of anilines is 1. The molecule has 2 atom stereocenters. The number of carbonyl (C=O) groups is 3. The highest BCUT2D eigenvalue weighted by Gasteiger charge is 2.35. The first-order chi connectivity index (χ1) is 28.2. The molecule has 2 unspecified atom stereocenters. The van der Waals surface area contributed by atoms with Crippen molar-refractivity contribution in [3.05, 3.63) is 95.5 Å². The molecular weight excluding hydrogens is 757 g/mol. The van der Waals surface area contributed by atoms with Crippen LogP contribution >= 0.6 is 0 Å². The standard InChI is InChI=1S/C30H38N4O5.C14H16N2O4/c1-20-27(19-34(32-20)24-16-25(38-3)18-26(17-24)39-4)29(21-8-6-5-7-9-21)31-23-12-10-22(11-13-23)30(37)33(2)15-14-28(35)36;1-9-13(14(17)18)8-16(2,15-9)10-5-11(19-3)7-12(6-10)20-4/h10-13,16-19,21,29,31H,5-9,14-15H2,1-4H3,(H,35,36);5-8H,1-4H3/p+1. The molecule has 2 heterocycles. The molecular formula is C44H55N6O9+. The van der Waals surface area contributed by atoms with E-state index < -0.39 is 11.9 Å². The first kappa shape index (κ1) is 43.8. The van der Waals surface area contributed by atoms with Crippen molar-refractivity contribution >= 4 is 34.9 Å². The number of rotatable bonds is 15. The third kappa shape index (κ3) is 10.8. The molecule has 1 aromatic heterocycles. The first-order valence-corrected chi connectivity index (χ1v) is 19.4. The van der Waals surface area contributed by atoms with Crippen LogP contribution in [0.4, 0.5) is 11.4 Å². The van der Waals surface area contributed by atoms with E-state index in [1.54, 1.807) is 86.0 Å². The van der Waals surface area contributed by atoms with Gasteiger partial charge in [0.05, 0.1) is 52.3 Å². The summed E-state index contributed by atoms with van der Waals surface area (Å²) in [5.74, 6) is 1.01. The topological polar surface area (TPSA) is 174 Å². The number of carboxylic acids is 2. The number of hydrogen-bond acceptors (Lipinski definition) is 10. The number of benzene rings is 3. The lowest BCUT2D eigenvalue weighted by molar-refractivity contribution is -0.137. The van der Waals surface area contributed by atoms with E-state index in [9.17, 15) is 14.4 Å². The molecule has 4 aromatic rings. The van der Waals surface area contributed by atoms with Gasteiger partial charge in [-0.2, -0.15) is 5.10 Å². The Bertz CT molecular complexity index is 2150. The van der Waals surface area contributed by atoms with Crippen molar-refractivity contribution in [2.75, 3.05) is 54.4 Å². The Kier molecular flexibility index (Phi) is 14.4. The van der Waals surface area contributed by atoms with Crippen molar-refractivity contribution in [1.82, 2.24) is 19.3 Å². The van der Waals surface area contributed by atoms with Gasteiger partial charge in [0.15, 0.2) is 5.69 Å². The molecule has 1 fully saturated rings. The van der Waals surface area contributed by atoms with E-state index in [-0.39, 0.29) is 35.1 Å². The van der Waals surface area contributed by atoms with Crippen LogP contribution in [0.5, 0.6) is 23.0 Å². The molecule has 0 bridgehead atoms. The summed E-state index contributed by atoms with van der Waals surface area (Å²) in [7, 11) is 9.82. The number of aromatic nitrogens is 2. The zero-order valence-corrected chi connectivity index (χ0v) is 35.0. The van der Waals surface area contributed by atoms with Gasteiger partial charge in [-0.3, -0.25) is 9.59 Å². The average Bonchev–Trinajstić information content (AvgIpc) is 3.80. The van der Waals surface area contributed by atoms with Crippen LogP contribution < -0.4 is 28.9 Å². The number of nitrogens with one attached hydrogen (secondary N) is 1. The monoisotopic (exact) mass is 811 g/mol. The number of quaternary nitrogens is 1. The van der Waals surface area contributed by atoms with Crippen molar-refractivity contribution in [2.24, 2.45) is 11.0 Å². The summed E-state index contributed by atoms with van der Waals surface area (Å²) in [6, 6.07) is 18.6. The fraction of sp³-hybridized carbons (Fsp3) is 0.386. The highest BCUT2D eigenvalue weighted by molar-refractivity contribution is 6.19. The van der Waals surface area contributed by atoms with Crippen molar-refractivity contribution in [2.45, 2.75) is 58.4 Å². The molecule has 15 nitrogen and oxygen atoms in total. The number of carboxylic acid groups (broad SMARTS) is 2. The lowest BCUT2D eigenvalue weighted by Crippen LogP contribution is -2.30. The Labute approximate surface area is 345 Å². The zero-order chi connectivity index (χ0) is 42.9. The van der Waals surface area contributed by atoms with Gasteiger partial charge in [-0.15, -0.1) is 4.59 Å². The molecule has 3 N–H and O–H groups in total. The van der Waals surface area contributed by atoms with Gasteiger partial charge in [0, 0.05) is 73.0 Å². The second kappa shape index (κ2) is 19.4. The fourth-order valence-corrected chi connectivity index (χ4v) is 7.36. The van der Waals surface area contributed by atoms with E-state index in [1.807, 2.05) is 41.9 Å². The van der Waals surface area contributed by atoms with Gasteiger partial charge < -0.3 is 39.4 Å². The highest BCUT2D eigenvalue weighted by atomic mass is 16.5. The van der Waals surface area contributed by atoms with Crippen LogP contribution in [-0.4, -0.2) is 97.5 Å². The van der Waals surface area contributed by atoms with Crippen LogP contribution in [0.25, 0.3) is 5.69 Å². The van der Waals surface area contributed by atoms with Crippen LogP contribution in [0.15, 0.2) is 83.7 Å². The van der Waals surface area contributed by atoms with Gasteiger partial charge in [0.1, 0.15) is 47.5 Å². The predicted octanol–water partition coefficient (Wildman–Crippen LogP) is 7.48. The van der Waals surface area contributed by atoms with Crippen LogP contribution in [0, 0.1) is 12.8 Å². The van der Waals surface area contributed by atoms with E-state index in [2.05, 4.69) is 16.6 Å². The zero-order valence-electron chi connectivity index (χ0n) is 35.0. The minimum absolute atomic E-state index is 0.0149. The third-order valence-electron chi connectivity index (χ3n) is 10.7. The second-order valence-electron chi connectivity index (χ2n) is 14.8. The number of aliphatic carboxylic acids is 2. The summed E-state index contributed by atoms with van der Waals surface area (Å²) < 4.78 is 23.3. The van der Waals surface area contributed by atoms with Gasteiger partial charge in [-0.05, 0) is 56.9 Å². The summed E-state index contributed by atoms with van der Waals surface area (Å²) in [6.45, 7) is 3.89. The molecule has 3 aromatic carbocycles. The molecule has 0 saturated heterocycles. The lowest BCUT2D eigenvalue weighted by Gasteiger charge is -2.31. The summed E-state index contributed by atoms with van der Waals surface area (Å²) in [5, 5.41) is 31.1. The van der Waals surface area contributed by atoms with Crippen LogP contribution in [0.2, 0.25) is 0 Å². The smallest absolute Gasteiger partial charge is 0.343 e. The Hall–Kier alpha value is -6.35. The van der Waals surface area contributed by atoms with Crippen molar-refractivity contribution in [3.63, 3.8) is 0 Å². The Morgan fingerprint density at radius 1 is 0.864 bits per heavy atom. The van der Waals surface area contributed by atoms with E-state index in [4.69, 9.17) is 34.3 Å². The van der Waals surface area contributed by atoms with Crippen LogP contribution in [0.3, 0.4) is 0 Å². The number of methoxy groups -OCH3 is 4. The van der Waals surface area contributed by atoms with Gasteiger partial charge >= 0.3 is 11.9 Å². The Morgan fingerprint density at radius 2 is 1.42 bits per heavy atom. The maximum atomic E-state index is 12.7.